The third-order valence-electron chi connectivity index (χ3n) is 1.47. The Balaban J connectivity index is 3.22. The highest BCUT2D eigenvalue weighted by Crippen LogP contribution is 2.34. The van der Waals surface area contributed by atoms with E-state index in [2.05, 4.69) is 0 Å². The molecule has 0 fully saturated rings. The fourth-order valence-electron chi connectivity index (χ4n) is 0.915. The van der Waals surface area contributed by atoms with Gasteiger partial charge in [-0.1, -0.05) is 0 Å². The molecule has 0 heterocycles. The Morgan fingerprint density at radius 3 is 2.43 bits per heavy atom. The molecule has 0 bridgehead atoms. The Morgan fingerprint density at radius 2 is 1.93 bits per heavy atom. The topological polar surface area (TPSA) is 29.1 Å². The molecule has 0 spiro atoms. The lowest BCUT2D eigenvalue weighted by molar-refractivity contribution is -0.137. The molecule has 0 aromatic heterocycles. The normalized spacial score (nSPS) is 11.1. The lowest BCUT2D eigenvalue weighted by Gasteiger charge is -2.10. The number of nitrogens with one attached hydrogen (secondary N) is 1. The van der Waals surface area contributed by atoms with E-state index in [0.717, 1.165) is 18.5 Å². The first kappa shape index (κ1) is 10.5. The Hall–Kier alpha value is -1.59. The van der Waals surface area contributed by atoms with E-state index >= 15 is 0 Å². The maximum absolute atomic E-state index is 12.5. The first-order valence-electron chi connectivity index (χ1n) is 3.45. The summed E-state index contributed by atoms with van der Waals surface area (Å²) in [5, 5.41) is 1.72. The number of amides is 1. The molecule has 1 aromatic rings. The van der Waals surface area contributed by atoms with E-state index in [1.807, 2.05) is 0 Å². The highest BCUT2D eigenvalue weighted by atomic mass is 19.4. The molecule has 6 heteroatoms. The van der Waals surface area contributed by atoms with E-state index in [9.17, 15) is 22.4 Å². The minimum absolute atomic E-state index is 0.305. The van der Waals surface area contributed by atoms with Crippen molar-refractivity contribution >= 4 is 12.1 Å². The van der Waals surface area contributed by atoms with Gasteiger partial charge in [0.2, 0.25) is 0 Å². The van der Waals surface area contributed by atoms with Gasteiger partial charge in [-0.3, -0.25) is 4.79 Å². The average molecular weight is 206 g/mol. The number of halogens is 4. The molecule has 0 saturated heterocycles. The van der Waals surface area contributed by atoms with Crippen molar-refractivity contribution in [1.29, 1.82) is 0 Å². The van der Waals surface area contributed by atoms with Crippen molar-refractivity contribution in [2.75, 3.05) is 5.32 Å². The molecule has 1 aromatic carbocycles. The van der Waals surface area contributed by atoms with Crippen LogP contribution >= 0.6 is 0 Å². The second kappa shape index (κ2) is 3.65. The van der Waals surface area contributed by atoms with Crippen molar-refractivity contribution < 1.29 is 22.4 Å². The van der Waals surface area contributed by atoms with Gasteiger partial charge in [0.15, 0.2) is 0 Å². The minimum Gasteiger partial charge on any atom is -0.317 e. The quantitative estimate of drug-likeness (QED) is 0.583. The van der Waals surface area contributed by atoms with Crippen LogP contribution in [0.3, 0.4) is 0 Å². The highest BCUT2D eigenvalue weighted by Gasteiger charge is 2.33. The van der Waals surface area contributed by atoms with Crippen molar-refractivity contribution in [3.63, 3.8) is 0 Å². The van der Waals surface area contributed by atoms with Crippen molar-refractivity contribution in [3.05, 3.63) is 29.6 Å². The number of hydrogen-bond donors (Lipinski definition) is 1. The van der Waals surface area contributed by atoms with Crippen molar-refractivity contribution in [2.45, 2.75) is 6.18 Å². The van der Waals surface area contributed by atoms with Crippen molar-refractivity contribution in [3.8, 4) is 0 Å². The van der Waals surface area contributed by atoms with Gasteiger partial charge in [-0.2, -0.15) is 13.2 Å². The number of carbonyl (C=O) groups excluding carboxylic acids is 1. The fourth-order valence-corrected chi connectivity index (χ4v) is 0.915. The summed E-state index contributed by atoms with van der Waals surface area (Å²) >= 11 is 0. The van der Waals surface area contributed by atoms with Gasteiger partial charge in [0.05, 0.1) is 11.3 Å². The first-order chi connectivity index (χ1) is 6.45. The summed E-state index contributed by atoms with van der Waals surface area (Å²) in [5.41, 5.74) is -1.75. The molecule has 0 aliphatic rings. The van der Waals surface area contributed by atoms with Crippen LogP contribution in [0.5, 0.6) is 0 Å². The average Bonchev–Trinajstić information content (AvgIpc) is 2.07. The monoisotopic (exact) mass is 206 g/mol. The molecule has 14 heavy (non-hydrogen) atoms. The molecule has 75 valence electrons. The van der Waals surface area contributed by atoms with E-state index in [4.69, 9.17) is 0 Å². The summed E-state index contributed by atoms with van der Waals surface area (Å²) in [6.45, 7) is 0. The molecule has 0 unspecified atom stereocenters. The van der Waals surface area contributed by atoms with Crippen LogP contribution in [-0.4, -0.2) is 6.41 Å². The van der Waals surface area contributed by atoms with Crippen LogP contribution in [0.4, 0.5) is 23.2 Å². The Bertz CT molecular complexity index is 348. The molecule has 1 amide bonds. The lowest BCUT2D eigenvalue weighted by atomic mass is 10.1. The third-order valence-corrected chi connectivity index (χ3v) is 1.47. The van der Waals surface area contributed by atoms with Gasteiger partial charge in [-0.25, -0.2) is 4.39 Å². The van der Waals surface area contributed by atoms with Crippen molar-refractivity contribution in [2.24, 2.45) is 0 Å². The van der Waals surface area contributed by atoms with Crippen LogP contribution in [0, 0.1) is 5.82 Å². The van der Waals surface area contributed by atoms with Gasteiger partial charge in [0, 0.05) is 0 Å². The summed E-state index contributed by atoms with van der Waals surface area (Å²) in [6.07, 6.45) is -3.61. The molecular weight excluding hydrogens is 202 g/mol. The zero-order chi connectivity index (χ0) is 10.8. The van der Waals surface area contributed by atoms with Gasteiger partial charge in [-0.05, 0) is 18.2 Å². The summed E-state index contributed by atoms with van der Waals surface area (Å²) in [6, 6.07) is 1.94. The summed E-state index contributed by atoms with van der Waals surface area (Å²) < 4.78 is 49.1. The summed E-state index contributed by atoms with van der Waals surface area (Å²) in [4.78, 5) is 9.84. The number of anilines is 1. The molecule has 0 saturated carbocycles. The number of hydrogen-bond acceptors (Lipinski definition) is 1. The molecule has 0 aliphatic heterocycles. The van der Waals surface area contributed by atoms with Crippen LogP contribution in [0.25, 0.3) is 0 Å². The standard InChI is InChI=1S/C8H4F4NO/c9-5-1-2-7(13-4-14)6(3-5)8(10,11)12/h1-3H,(H,13,14). The molecule has 0 aliphatic carbocycles. The predicted molar refractivity (Wildman–Crippen MR) is 40.7 cm³/mol. The van der Waals surface area contributed by atoms with Crippen LogP contribution < -0.4 is 5.32 Å². The highest BCUT2D eigenvalue weighted by molar-refractivity contribution is 5.74. The Labute approximate surface area is 76.5 Å². The first-order valence-corrected chi connectivity index (χ1v) is 3.45. The second-order valence-corrected chi connectivity index (χ2v) is 2.41. The van der Waals surface area contributed by atoms with Crippen LogP contribution in [0.1, 0.15) is 5.56 Å². The largest absolute Gasteiger partial charge is 0.418 e. The summed E-state index contributed by atoms with van der Waals surface area (Å²) in [5.74, 6) is -1.02. The smallest absolute Gasteiger partial charge is 0.317 e. The number of alkyl halides is 3. The van der Waals surface area contributed by atoms with Gasteiger partial charge < -0.3 is 5.32 Å². The number of benzene rings is 1. The second-order valence-electron chi connectivity index (χ2n) is 2.41. The van der Waals surface area contributed by atoms with Crippen molar-refractivity contribution in [1.82, 2.24) is 0 Å². The van der Waals surface area contributed by atoms with E-state index in [1.54, 1.807) is 5.32 Å². The lowest BCUT2D eigenvalue weighted by Crippen LogP contribution is -2.10. The molecule has 2 nitrogen and oxygen atoms in total. The zero-order valence-corrected chi connectivity index (χ0v) is 6.65. The third kappa shape index (κ3) is 2.21. The maximum atomic E-state index is 12.5. The molecule has 1 N–H and O–H groups in total. The van der Waals surface area contributed by atoms with E-state index in [0.29, 0.717) is 6.07 Å². The number of rotatable bonds is 2. The van der Waals surface area contributed by atoms with Crippen LogP contribution in [0.15, 0.2) is 18.2 Å². The summed E-state index contributed by atoms with van der Waals surface area (Å²) in [7, 11) is 0. The van der Waals surface area contributed by atoms with E-state index in [-0.39, 0.29) is 0 Å². The zero-order valence-electron chi connectivity index (χ0n) is 6.65. The van der Waals surface area contributed by atoms with Crippen LogP contribution in [0.2, 0.25) is 0 Å². The van der Waals surface area contributed by atoms with Gasteiger partial charge in [-0.15, -0.1) is 0 Å². The maximum Gasteiger partial charge on any atom is 0.418 e. The minimum atomic E-state index is -4.71. The predicted octanol–water partition coefficient (Wildman–Crippen LogP) is 2.32. The van der Waals surface area contributed by atoms with Gasteiger partial charge in [0.1, 0.15) is 5.82 Å². The van der Waals surface area contributed by atoms with Gasteiger partial charge >= 0.3 is 12.6 Å². The molecule has 1 rings (SSSR count). The SMILES string of the molecule is O=[C]Nc1ccc(F)cc1C(F)(F)F. The molecular formula is C8H4F4NO. The Kier molecular flexibility index (Phi) is 2.73. The van der Waals surface area contributed by atoms with Gasteiger partial charge in [0.25, 0.3) is 0 Å². The molecule has 0 atom stereocenters. The van der Waals surface area contributed by atoms with E-state index in [1.165, 1.54) is 0 Å². The fraction of sp³-hybridized carbons (Fsp3) is 0.125. The molecule has 1 radical (unpaired) electrons. The van der Waals surface area contributed by atoms with Crippen LogP contribution in [-0.2, 0) is 11.0 Å². The van der Waals surface area contributed by atoms with E-state index < -0.39 is 23.2 Å². The Morgan fingerprint density at radius 1 is 1.29 bits per heavy atom.